The van der Waals surface area contributed by atoms with Gasteiger partial charge in [-0.1, -0.05) is 12.8 Å². The second kappa shape index (κ2) is 4.77. The van der Waals surface area contributed by atoms with Crippen molar-refractivity contribution >= 4 is 17.0 Å². The van der Waals surface area contributed by atoms with Gasteiger partial charge in [0, 0.05) is 13.1 Å². The molecule has 2 aromatic rings. The summed E-state index contributed by atoms with van der Waals surface area (Å²) in [5.41, 5.74) is 0.284. The van der Waals surface area contributed by atoms with Crippen molar-refractivity contribution in [1.29, 1.82) is 0 Å². The number of hydrogen-bond acceptors (Lipinski definition) is 4. The molecular formula is C14H17N3O3. The van der Waals surface area contributed by atoms with E-state index in [-0.39, 0.29) is 28.6 Å². The van der Waals surface area contributed by atoms with Crippen molar-refractivity contribution in [3.05, 3.63) is 28.0 Å². The van der Waals surface area contributed by atoms with Gasteiger partial charge in [-0.25, -0.2) is 4.98 Å². The first kappa shape index (κ1) is 12.9. The van der Waals surface area contributed by atoms with Crippen LogP contribution in [0.5, 0.6) is 0 Å². The SMILES string of the molecule is Cc1oc2ncn(C)c(=O)c2c1C(=O)NC1CCCC1. The highest BCUT2D eigenvalue weighted by Crippen LogP contribution is 2.23. The van der Waals surface area contributed by atoms with E-state index in [4.69, 9.17) is 4.42 Å². The summed E-state index contributed by atoms with van der Waals surface area (Å²) in [4.78, 5) is 28.7. The number of furan rings is 1. The first-order valence-corrected chi connectivity index (χ1v) is 6.83. The number of aryl methyl sites for hydroxylation is 2. The lowest BCUT2D eigenvalue weighted by Gasteiger charge is -2.11. The van der Waals surface area contributed by atoms with E-state index in [1.165, 1.54) is 10.9 Å². The third kappa shape index (κ3) is 2.01. The summed E-state index contributed by atoms with van der Waals surface area (Å²) >= 11 is 0. The Balaban J connectivity index is 2.05. The van der Waals surface area contributed by atoms with Crippen molar-refractivity contribution in [3.63, 3.8) is 0 Å². The highest BCUT2D eigenvalue weighted by Gasteiger charge is 2.25. The Morgan fingerprint density at radius 3 is 2.85 bits per heavy atom. The van der Waals surface area contributed by atoms with Crippen molar-refractivity contribution in [2.45, 2.75) is 38.6 Å². The van der Waals surface area contributed by atoms with Crippen LogP contribution in [0.4, 0.5) is 0 Å². The zero-order valence-electron chi connectivity index (χ0n) is 11.6. The van der Waals surface area contributed by atoms with E-state index in [2.05, 4.69) is 10.3 Å². The van der Waals surface area contributed by atoms with Crippen LogP contribution in [0, 0.1) is 6.92 Å². The van der Waals surface area contributed by atoms with Crippen LogP contribution in [0.15, 0.2) is 15.5 Å². The molecule has 1 N–H and O–H groups in total. The van der Waals surface area contributed by atoms with Crippen LogP contribution < -0.4 is 10.9 Å². The second-order valence-corrected chi connectivity index (χ2v) is 5.33. The Morgan fingerprint density at radius 1 is 1.45 bits per heavy atom. The van der Waals surface area contributed by atoms with E-state index in [0.717, 1.165) is 25.7 Å². The zero-order chi connectivity index (χ0) is 14.3. The summed E-state index contributed by atoms with van der Waals surface area (Å²) in [6.07, 6.45) is 5.67. The fraction of sp³-hybridized carbons (Fsp3) is 0.500. The van der Waals surface area contributed by atoms with Crippen molar-refractivity contribution in [3.8, 4) is 0 Å². The quantitative estimate of drug-likeness (QED) is 0.901. The van der Waals surface area contributed by atoms with Gasteiger partial charge in [0.15, 0.2) is 0 Å². The smallest absolute Gasteiger partial charge is 0.265 e. The van der Waals surface area contributed by atoms with Gasteiger partial charge in [0.1, 0.15) is 17.5 Å². The van der Waals surface area contributed by atoms with E-state index < -0.39 is 0 Å². The van der Waals surface area contributed by atoms with E-state index in [0.29, 0.717) is 11.3 Å². The summed E-state index contributed by atoms with van der Waals surface area (Å²) in [5, 5.41) is 3.25. The number of nitrogens with one attached hydrogen (secondary N) is 1. The molecule has 1 amide bonds. The number of fused-ring (bicyclic) bond motifs is 1. The van der Waals surface area contributed by atoms with E-state index in [9.17, 15) is 9.59 Å². The fourth-order valence-electron chi connectivity index (χ4n) is 2.79. The van der Waals surface area contributed by atoms with Crippen LogP contribution >= 0.6 is 0 Å². The number of amides is 1. The van der Waals surface area contributed by atoms with Gasteiger partial charge < -0.3 is 14.3 Å². The first-order chi connectivity index (χ1) is 9.58. The molecule has 0 unspecified atom stereocenters. The molecule has 3 rings (SSSR count). The van der Waals surface area contributed by atoms with Gasteiger partial charge in [-0.2, -0.15) is 0 Å². The molecule has 0 aromatic carbocycles. The van der Waals surface area contributed by atoms with Crippen molar-refractivity contribution in [1.82, 2.24) is 14.9 Å². The number of rotatable bonds is 2. The molecule has 2 heterocycles. The fourth-order valence-corrected chi connectivity index (χ4v) is 2.79. The highest BCUT2D eigenvalue weighted by atomic mass is 16.3. The summed E-state index contributed by atoms with van der Waals surface area (Å²) in [6, 6.07) is 0.201. The van der Waals surface area contributed by atoms with Gasteiger partial charge in [-0.05, 0) is 19.8 Å². The monoisotopic (exact) mass is 275 g/mol. The van der Waals surface area contributed by atoms with Crippen LogP contribution in [-0.4, -0.2) is 21.5 Å². The molecule has 0 radical (unpaired) electrons. The molecule has 1 aliphatic rings. The Labute approximate surface area is 115 Å². The van der Waals surface area contributed by atoms with Gasteiger partial charge in [0.05, 0.1) is 5.56 Å². The lowest BCUT2D eigenvalue weighted by molar-refractivity contribution is 0.0937. The average molecular weight is 275 g/mol. The maximum absolute atomic E-state index is 12.4. The molecule has 1 fully saturated rings. The summed E-state index contributed by atoms with van der Waals surface area (Å²) in [6.45, 7) is 1.69. The molecule has 1 aliphatic carbocycles. The predicted octanol–water partition coefficient (Wildman–Crippen LogP) is 1.51. The maximum Gasteiger partial charge on any atom is 0.265 e. The van der Waals surface area contributed by atoms with Gasteiger partial charge in [0.2, 0.25) is 5.71 Å². The molecule has 0 bridgehead atoms. The van der Waals surface area contributed by atoms with Gasteiger partial charge >= 0.3 is 0 Å². The summed E-state index contributed by atoms with van der Waals surface area (Å²) in [7, 11) is 1.61. The zero-order valence-corrected chi connectivity index (χ0v) is 11.6. The molecule has 0 saturated heterocycles. The lowest BCUT2D eigenvalue weighted by Crippen LogP contribution is -2.33. The number of carbonyl (C=O) groups excluding carboxylic acids is 1. The van der Waals surface area contributed by atoms with Crippen LogP contribution in [-0.2, 0) is 7.05 Å². The molecule has 6 nitrogen and oxygen atoms in total. The minimum Gasteiger partial charge on any atom is -0.442 e. The van der Waals surface area contributed by atoms with E-state index >= 15 is 0 Å². The van der Waals surface area contributed by atoms with Crippen LogP contribution in [0.1, 0.15) is 41.8 Å². The van der Waals surface area contributed by atoms with E-state index in [1.54, 1.807) is 14.0 Å². The van der Waals surface area contributed by atoms with Crippen LogP contribution in [0.3, 0.4) is 0 Å². The number of hydrogen-bond donors (Lipinski definition) is 1. The summed E-state index contributed by atoms with van der Waals surface area (Å²) in [5.74, 6) is 0.199. The second-order valence-electron chi connectivity index (χ2n) is 5.33. The maximum atomic E-state index is 12.4. The van der Waals surface area contributed by atoms with Crippen molar-refractivity contribution < 1.29 is 9.21 Å². The third-order valence-electron chi connectivity index (χ3n) is 3.87. The largest absolute Gasteiger partial charge is 0.442 e. The molecule has 20 heavy (non-hydrogen) atoms. The van der Waals surface area contributed by atoms with Gasteiger partial charge in [0.25, 0.3) is 11.5 Å². The van der Waals surface area contributed by atoms with E-state index in [1.807, 2.05) is 0 Å². The minimum atomic E-state index is -0.261. The van der Waals surface area contributed by atoms with Crippen molar-refractivity contribution in [2.24, 2.45) is 7.05 Å². The highest BCUT2D eigenvalue weighted by molar-refractivity contribution is 6.06. The molecule has 0 atom stereocenters. The summed E-state index contributed by atoms with van der Waals surface area (Å²) < 4.78 is 6.79. The van der Waals surface area contributed by atoms with Gasteiger partial charge in [-0.3, -0.25) is 9.59 Å². The Morgan fingerprint density at radius 2 is 2.15 bits per heavy atom. The molecule has 6 heteroatoms. The Bertz CT molecular complexity index is 723. The molecule has 0 aliphatic heterocycles. The normalized spacial score (nSPS) is 15.9. The predicted molar refractivity (Wildman–Crippen MR) is 73.7 cm³/mol. The molecule has 1 saturated carbocycles. The lowest BCUT2D eigenvalue weighted by atomic mass is 10.1. The Hall–Kier alpha value is -2.11. The molecule has 0 spiro atoms. The molecule has 2 aromatic heterocycles. The number of carbonyl (C=O) groups is 1. The number of aromatic nitrogens is 2. The third-order valence-corrected chi connectivity index (χ3v) is 3.87. The van der Waals surface area contributed by atoms with Gasteiger partial charge in [-0.15, -0.1) is 0 Å². The van der Waals surface area contributed by atoms with Crippen molar-refractivity contribution in [2.75, 3.05) is 0 Å². The molecular weight excluding hydrogens is 258 g/mol. The standard InChI is InChI=1S/C14H17N3O3/c1-8-10(12(18)16-9-5-3-4-6-9)11-13(20-8)15-7-17(2)14(11)19/h7,9H,3-6H2,1-2H3,(H,16,18). The minimum absolute atomic E-state index is 0.201. The first-order valence-electron chi connectivity index (χ1n) is 6.83. The molecule has 106 valence electrons. The Kier molecular flexibility index (Phi) is 3.08. The topological polar surface area (TPSA) is 77.1 Å². The average Bonchev–Trinajstić information content (AvgIpc) is 3.01. The van der Waals surface area contributed by atoms with Crippen LogP contribution in [0.2, 0.25) is 0 Å². The number of nitrogens with zero attached hydrogens (tertiary/aromatic N) is 2. The van der Waals surface area contributed by atoms with Crippen LogP contribution in [0.25, 0.3) is 11.1 Å².